The van der Waals surface area contributed by atoms with E-state index in [0.29, 0.717) is 37.4 Å². The number of hydrogen-bond donors (Lipinski definition) is 2. The molecule has 0 bridgehead atoms. The van der Waals surface area contributed by atoms with Crippen LogP contribution in [0, 0.1) is 0 Å². The maximum atomic E-state index is 13.2. The summed E-state index contributed by atoms with van der Waals surface area (Å²) in [5.41, 5.74) is 1.06. The van der Waals surface area contributed by atoms with Crippen LogP contribution in [0.4, 0.5) is 10.5 Å². The van der Waals surface area contributed by atoms with E-state index in [-0.39, 0.29) is 17.5 Å². The zero-order valence-corrected chi connectivity index (χ0v) is 20.4. The molecule has 0 saturated carbocycles. The van der Waals surface area contributed by atoms with Gasteiger partial charge in [0.05, 0.1) is 5.02 Å². The number of amides is 5. The highest BCUT2D eigenvalue weighted by molar-refractivity contribution is 6.32. The second-order valence-corrected chi connectivity index (χ2v) is 8.84. The number of aryl methyl sites for hydroxylation is 1. The summed E-state index contributed by atoms with van der Waals surface area (Å²) in [5.74, 6) is -0.818. The molecule has 1 atom stereocenters. The summed E-state index contributed by atoms with van der Waals surface area (Å²) in [6.45, 7) is 4.37. The van der Waals surface area contributed by atoms with E-state index in [9.17, 15) is 19.2 Å². The largest absolute Gasteiger partial charge is 0.482 e. The monoisotopic (exact) mass is 498 g/mol. The van der Waals surface area contributed by atoms with Gasteiger partial charge in [0.25, 0.3) is 11.8 Å². The summed E-state index contributed by atoms with van der Waals surface area (Å²) >= 11 is 6.26. The number of imide groups is 1. The lowest BCUT2D eigenvalue weighted by molar-refractivity contribution is -0.134. The molecule has 1 spiro atoms. The molecule has 4 rings (SSSR count). The van der Waals surface area contributed by atoms with E-state index in [4.69, 9.17) is 16.3 Å². The SMILES string of the molecule is CCN(CC)C(=O)COc1ccc(NC(=O)CN2C(=O)NC3(CCc4ccccc43)C2=O)cc1Cl. The van der Waals surface area contributed by atoms with Crippen molar-refractivity contribution in [2.75, 3.05) is 31.6 Å². The maximum Gasteiger partial charge on any atom is 0.325 e. The van der Waals surface area contributed by atoms with Gasteiger partial charge < -0.3 is 20.3 Å². The Morgan fingerprint density at radius 2 is 1.91 bits per heavy atom. The number of rotatable bonds is 8. The van der Waals surface area contributed by atoms with Gasteiger partial charge in [0.1, 0.15) is 17.8 Å². The van der Waals surface area contributed by atoms with Gasteiger partial charge >= 0.3 is 6.03 Å². The minimum Gasteiger partial charge on any atom is -0.482 e. The van der Waals surface area contributed by atoms with Crippen molar-refractivity contribution in [1.82, 2.24) is 15.1 Å². The Labute approximate surface area is 208 Å². The Morgan fingerprint density at radius 1 is 1.17 bits per heavy atom. The fraction of sp³-hybridized carbons (Fsp3) is 0.360. The normalized spacial score (nSPS) is 18.4. The van der Waals surface area contributed by atoms with Crippen LogP contribution in [0.25, 0.3) is 0 Å². The topological polar surface area (TPSA) is 108 Å². The predicted octanol–water partition coefficient (Wildman–Crippen LogP) is 2.92. The molecule has 1 aliphatic heterocycles. The highest BCUT2D eigenvalue weighted by Gasteiger charge is 2.55. The Balaban J connectivity index is 1.37. The van der Waals surface area contributed by atoms with Crippen molar-refractivity contribution in [2.45, 2.75) is 32.2 Å². The first-order valence-corrected chi connectivity index (χ1v) is 11.9. The van der Waals surface area contributed by atoms with Crippen molar-refractivity contribution in [1.29, 1.82) is 0 Å². The van der Waals surface area contributed by atoms with Gasteiger partial charge in [0, 0.05) is 18.8 Å². The summed E-state index contributed by atoms with van der Waals surface area (Å²) in [5, 5.41) is 5.66. The predicted molar refractivity (Wildman–Crippen MR) is 130 cm³/mol. The number of nitrogens with one attached hydrogen (secondary N) is 2. The van der Waals surface area contributed by atoms with Crippen molar-refractivity contribution >= 4 is 41.0 Å². The number of likely N-dealkylation sites (N-methyl/N-ethyl adjacent to an activating group) is 1. The quantitative estimate of drug-likeness (QED) is 0.544. The summed E-state index contributed by atoms with van der Waals surface area (Å²) < 4.78 is 5.52. The van der Waals surface area contributed by atoms with Crippen molar-refractivity contribution in [2.24, 2.45) is 0 Å². The molecule has 5 amide bonds. The molecular weight excluding hydrogens is 472 g/mol. The number of fused-ring (bicyclic) bond motifs is 2. The minimum atomic E-state index is -1.11. The van der Waals surface area contributed by atoms with E-state index >= 15 is 0 Å². The van der Waals surface area contributed by atoms with Gasteiger partial charge in [-0.3, -0.25) is 19.3 Å². The van der Waals surface area contributed by atoms with Gasteiger partial charge in [-0.2, -0.15) is 0 Å². The number of hydrogen-bond acceptors (Lipinski definition) is 5. The molecule has 1 aliphatic carbocycles. The number of nitrogens with zero attached hydrogens (tertiary/aromatic N) is 2. The van der Waals surface area contributed by atoms with Gasteiger partial charge in [-0.05, 0) is 56.0 Å². The van der Waals surface area contributed by atoms with E-state index in [2.05, 4.69) is 10.6 Å². The van der Waals surface area contributed by atoms with Gasteiger partial charge in [0.15, 0.2) is 6.61 Å². The van der Waals surface area contributed by atoms with Crippen molar-refractivity contribution in [3.8, 4) is 5.75 Å². The lowest BCUT2D eigenvalue weighted by atomic mass is 9.92. The van der Waals surface area contributed by atoms with Crippen molar-refractivity contribution in [3.05, 3.63) is 58.6 Å². The molecule has 2 aromatic carbocycles. The fourth-order valence-electron chi connectivity index (χ4n) is 4.58. The Bertz CT molecular complexity index is 1180. The van der Waals surface area contributed by atoms with Crippen LogP contribution >= 0.6 is 11.6 Å². The second kappa shape index (κ2) is 9.95. The molecule has 0 radical (unpaired) electrons. The molecule has 184 valence electrons. The van der Waals surface area contributed by atoms with Crippen LogP contribution < -0.4 is 15.4 Å². The standard InChI is InChI=1S/C25H27ClN4O5/c1-3-29(4-2)22(32)15-35-20-10-9-17(13-19(20)26)27-21(31)14-30-23(33)25(28-24(30)34)12-11-16-7-5-6-8-18(16)25/h5-10,13H,3-4,11-12,14-15H2,1-2H3,(H,27,31)(H,28,34). The van der Waals surface area contributed by atoms with Crippen LogP contribution in [0.2, 0.25) is 5.02 Å². The van der Waals surface area contributed by atoms with Crippen molar-refractivity contribution < 1.29 is 23.9 Å². The first-order valence-electron chi connectivity index (χ1n) is 11.5. The average Bonchev–Trinajstić information content (AvgIpc) is 3.32. The number of ether oxygens (including phenoxy) is 1. The number of benzene rings is 2. The van der Waals surface area contributed by atoms with Gasteiger partial charge in [-0.25, -0.2) is 4.79 Å². The number of halogens is 1. The van der Waals surface area contributed by atoms with Crippen molar-refractivity contribution in [3.63, 3.8) is 0 Å². The number of anilines is 1. The molecule has 0 aromatic heterocycles. The lowest BCUT2D eigenvalue weighted by Gasteiger charge is -2.22. The second-order valence-electron chi connectivity index (χ2n) is 8.43. The summed E-state index contributed by atoms with van der Waals surface area (Å²) in [7, 11) is 0. The molecule has 9 nitrogen and oxygen atoms in total. The van der Waals surface area contributed by atoms with Gasteiger partial charge in [-0.1, -0.05) is 35.9 Å². The van der Waals surface area contributed by atoms with Crippen LogP contribution in [0.15, 0.2) is 42.5 Å². The highest BCUT2D eigenvalue weighted by atomic mass is 35.5. The van der Waals surface area contributed by atoms with Crippen LogP contribution in [-0.2, 0) is 26.3 Å². The zero-order valence-electron chi connectivity index (χ0n) is 19.6. The molecule has 1 saturated heterocycles. The smallest absolute Gasteiger partial charge is 0.325 e. The number of carbonyl (C=O) groups is 4. The molecular formula is C25H27ClN4O5. The summed E-state index contributed by atoms with van der Waals surface area (Å²) in [6.07, 6.45) is 1.14. The molecule has 2 aromatic rings. The Kier molecular flexibility index (Phi) is 6.98. The first-order chi connectivity index (χ1) is 16.8. The third kappa shape index (κ3) is 4.68. The first kappa shape index (κ1) is 24.5. The van der Waals surface area contributed by atoms with Crippen LogP contribution in [0.1, 0.15) is 31.4 Å². The van der Waals surface area contributed by atoms with E-state index in [1.165, 1.54) is 6.07 Å². The van der Waals surface area contributed by atoms with Gasteiger partial charge in [-0.15, -0.1) is 0 Å². The third-order valence-electron chi connectivity index (χ3n) is 6.41. The summed E-state index contributed by atoms with van der Waals surface area (Å²) in [6, 6.07) is 11.5. The Morgan fingerprint density at radius 3 is 2.63 bits per heavy atom. The van der Waals surface area contributed by atoms with E-state index in [0.717, 1.165) is 16.0 Å². The number of carbonyl (C=O) groups excluding carboxylic acids is 4. The Hall–Kier alpha value is -3.59. The molecule has 35 heavy (non-hydrogen) atoms. The highest BCUT2D eigenvalue weighted by Crippen LogP contribution is 2.41. The van der Waals surface area contributed by atoms with E-state index < -0.39 is 29.9 Å². The molecule has 2 N–H and O–H groups in total. The molecule has 1 heterocycles. The average molecular weight is 499 g/mol. The van der Waals surface area contributed by atoms with Crippen LogP contribution in [-0.4, -0.2) is 59.8 Å². The molecule has 2 aliphatic rings. The maximum absolute atomic E-state index is 13.2. The number of urea groups is 1. The third-order valence-corrected chi connectivity index (χ3v) is 6.70. The van der Waals surface area contributed by atoms with Crippen LogP contribution in [0.5, 0.6) is 5.75 Å². The lowest BCUT2D eigenvalue weighted by Crippen LogP contribution is -2.43. The van der Waals surface area contributed by atoms with Gasteiger partial charge in [0.2, 0.25) is 5.91 Å². The summed E-state index contributed by atoms with van der Waals surface area (Å²) in [4.78, 5) is 53.2. The minimum absolute atomic E-state index is 0.149. The zero-order chi connectivity index (χ0) is 25.2. The van der Waals surface area contributed by atoms with Crippen LogP contribution in [0.3, 0.4) is 0 Å². The fourth-order valence-corrected chi connectivity index (χ4v) is 4.82. The van der Waals surface area contributed by atoms with E-state index in [1.54, 1.807) is 17.0 Å². The molecule has 10 heteroatoms. The molecule has 1 unspecified atom stereocenters. The van der Waals surface area contributed by atoms with E-state index in [1.807, 2.05) is 38.1 Å². The molecule has 1 fully saturated rings.